The number of fused-ring (bicyclic) bond motifs is 4. The number of aromatic nitrogens is 1. The molecule has 5 aromatic rings. The number of alkyl carbamates (subject to hydrolysis) is 1. The maximum Gasteiger partial charge on any atom is 0.408 e. The zero-order valence-corrected chi connectivity index (χ0v) is 31.3. The van der Waals surface area contributed by atoms with Gasteiger partial charge in [-0.3, -0.25) is 14.5 Å². The van der Waals surface area contributed by atoms with Gasteiger partial charge in [0, 0.05) is 42.2 Å². The number of aromatic amines is 1. The van der Waals surface area contributed by atoms with Crippen molar-refractivity contribution in [1.82, 2.24) is 25.8 Å². The zero-order valence-electron chi connectivity index (χ0n) is 31.3. The summed E-state index contributed by atoms with van der Waals surface area (Å²) >= 11 is 0. The molecule has 0 saturated carbocycles. The van der Waals surface area contributed by atoms with Gasteiger partial charge in [-0.25, -0.2) is 4.79 Å². The number of carbonyl (C=O) groups excluding carboxylic acids is 2. The van der Waals surface area contributed by atoms with Crippen molar-refractivity contribution >= 4 is 22.9 Å². The molecule has 292 valence electrons. The molecule has 3 aliphatic heterocycles. The molecule has 0 radical (unpaired) electrons. The van der Waals surface area contributed by atoms with Gasteiger partial charge in [-0.2, -0.15) is 0 Å². The fraction of sp³-hybridized carbons (Fsp3) is 0.341. The number of carbonyl (C=O) groups is 2. The SMILES string of the molecule is O=C(NC(c1ccccc1)c1ccccc1OCc1ccc(C(=O)NCCCCNC[C@H](O)c2ccc(O)c3[nH]c(=O)ccc23)cc1)O[C@H]1CN2CCC1CC2. The number of aliphatic hydroxyl groups excluding tert-OH is 1. The number of phenols is 1. The van der Waals surface area contributed by atoms with Gasteiger partial charge < -0.3 is 40.6 Å². The Kier molecular flexibility index (Phi) is 12.6. The number of unbranched alkanes of at least 4 members (excludes halogenated alkanes) is 1. The molecule has 56 heavy (non-hydrogen) atoms. The lowest BCUT2D eigenvalue weighted by Crippen LogP contribution is -2.52. The van der Waals surface area contributed by atoms with Gasteiger partial charge >= 0.3 is 6.09 Å². The molecule has 8 rings (SSSR count). The van der Waals surface area contributed by atoms with Crippen molar-refractivity contribution in [2.24, 2.45) is 5.92 Å². The number of aromatic hydroxyl groups is 1. The van der Waals surface area contributed by atoms with Crippen LogP contribution in [0.4, 0.5) is 4.79 Å². The van der Waals surface area contributed by atoms with Gasteiger partial charge in [0.1, 0.15) is 24.2 Å². The van der Waals surface area contributed by atoms with Crippen LogP contribution in [0.15, 0.2) is 108 Å². The standard InChI is InChI=1S/C44H49N5O7/c50-36-18-16-33(34-17-19-40(52)47-42(34)36)37(51)26-45-22-6-7-23-46-43(53)32-14-12-29(13-15-32)28-55-38-11-5-4-10-35(38)41(31-8-2-1-3-9-31)48-44(54)56-39-27-49-24-20-30(39)21-25-49/h1-5,8-19,30,37,39,41,45,50-51H,6-7,20-28H2,(H,46,53)(H,47,52)(H,48,54)/t37-,39-,41?/m0/s1. The van der Waals surface area contributed by atoms with E-state index in [2.05, 4.69) is 25.8 Å². The lowest BCUT2D eigenvalue weighted by molar-refractivity contribution is -0.0336. The molecule has 4 heterocycles. The van der Waals surface area contributed by atoms with Crippen LogP contribution in [0.1, 0.15) is 70.4 Å². The van der Waals surface area contributed by atoms with Crippen molar-refractivity contribution in [3.63, 3.8) is 0 Å². The third-order valence-corrected chi connectivity index (χ3v) is 10.8. The maximum absolute atomic E-state index is 13.3. The molecular weight excluding hydrogens is 711 g/mol. The molecular formula is C44H49N5O7. The molecule has 0 spiro atoms. The summed E-state index contributed by atoms with van der Waals surface area (Å²) in [6.07, 6.45) is 2.29. The second-order valence-electron chi connectivity index (χ2n) is 14.6. The third-order valence-electron chi connectivity index (χ3n) is 10.8. The average Bonchev–Trinajstić information content (AvgIpc) is 3.23. The van der Waals surface area contributed by atoms with Crippen LogP contribution in [0.3, 0.4) is 0 Å². The van der Waals surface area contributed by atoms with Crippen molar-refractivity contribution in [2.45, 2.75) is 50.5 Å². The summed E-state index contributed by atoms with van der Waals surface area (Å²) in [4.78, 5) is 42.8. The molecule has 2 amide bonds. The summed E-state index contributed by atoms with van der Waals surface area (Å²) in [7, 11) is 0. The van der Waals surface area contributed by atoms with Gasteiger partial charge in [-0.05, 0) is 98.3 Å². The number of piperidine rings is 3. The predicted molar refractivity (Wildman–Crippen MR) is 214 cm³/mol. The minimum atomic E-state index is -0.828. The van der Waals surface area contributed by atoms with Crippen LogP contribution >= 0.6 is 0 Å². The molecule has 3 saturated heterocycles. The van der Waals surface area contributed by atoms with Crippen LogP contribution < -0.4 is 26.2 Å². The second-order valence-corrected chi connectivity index (χ2v) is 14.6. The zero-order chi connectivity index (χ0) is 38.9. The Balaban J connectivity index is 0.865. The van der Waals surface area contributed by atoms with E-state index in [-0.39, 0.29) is 29.9 Å². The van der Waals surface area contributed by atoms with Crippen molar-refractivity contribution in [2.75, 3.05) is 39.3 Å². The van der Waals surface area contributed by atoms with E-state index < -0.39 is 18.2 Å². The normalized spacial score (nSPS) is 18.6. The molecule has 12 nitrogen and oxygen atoms in total. The lowest BCUT2D eigenvalue weighted by Gasteiger charge is -2.43. The van der Waals surface area contributed by atoms with Crippen LogP contribution in [0, 0.1) is 5.92 Å². The van der Waals surface area contributed by atoms with Gasteiger partial charge in [0.2, 0.25) is 5.56 Å². The van der Waals surface area contributed by atoms with E-state index in [9.17, 15) is 24.6 Å². The molecule has 1 unspecified atom stereocenters. The molecule has 3 atom stereocenters. The second kappa shape index (κ2) is 18.3. The summed E-state index contributed by atoms with van der Waals surface area (Å²) in [6, 6.07) is 30.4. The van der Waals surface area contributed by atoms with E-state index >= 15 is 0 Å². The summed E-state index contributed by atoms with van der Waals surface area (Å²) in [5.41, 5.74) is 3.76. The van der Waals surface area contributed by atoms with Gasteiger partial charge in [-0.1, -0.05) is 66.7 Å². The number of benzene rings is 4. The Morgan fingerprint density at radius 2 is 1.61 bits per heavy atom. The number of rotatable bonds is 16. The Hall–Kier alpha value is -5.69. The highest BCUT2D eigenvalue weighted by atomic mass is 16.6. The topological polar surface area (TPSA) is 165 Å². The minimum Gasteiger partial charge on any atom is -0.506 e. The molecule has 3 fully saturated rings. The first-order valence-corrected chi connectivity index (χ1v) is 19.4. The van der Waals surface area contributed by atoms with Gasteiger partial charge in [0.05, 0.1) is 17.7 Å². The Labute approximate surface area is 325 Å². The Morgan fingerprint density at radius 3 is 2.38 bits per heavy atom. The van der Waals surface area contributed by atoms with E-state index in [1.165, 1.54) is 12.1 Å². The first-order valence-electron chi connectivity index (χ1n) is 19.4. The largest absolute Gasteiger partial charge is 0.506 e. The molecule has 2 bridgehead atoms. The fourth-order valence-electron chi connectivity index (χ4n) is 7.66. The van der Waals surface area contributed by atoms with E-state index in [1.807, 2.05) is 66.7 Å². The number of nitrogens with one attached hydrogen (secondary N) is 4. The monoisotopic (exact) mass is 759 g/mol. The van der Waals surface area contributed by atoms with Gasteiger partial charge in [0.15, 0.2) is 0 Å². The molecule has 6 N–H and O–H groups in total. The number of nitrogens with zero attached hydrogens (tertiary/aromatic N) is 1. The fourth-order valence-corrected chi connectivity index (χ4v) is 7.66. The summed E-state index contributed by atoms with van der Waals surface area (Å²) in [5.74, 6) is 0.840. The number of ether oxygens (including phenoxy) is 2. The highest BCUT2D eigenvalue weighted by Crippen LogP contribution is 2.33. The van der Waals surface area contributed by atoms with Crippen LogP contribution in [-0.2, 0) is 11.3 Å². The average molecular weight is 760 g/mol. The number of aliphatic hydroxyl groups is 1. The summed E-state index contributed by atoms with van der Waals surface area (Å²) in [6.45, 7) is 4.65. The lowest BCUT2D eigenvalue weighted by atomic mass is 9.86. The number of para-hydroxylation sites is 1. The smallest absolute Gasteiger partial charge is 0.408 e. The van der Waals surface area contributed by atoms with E-state index in [1.54, 1.807) is 24.3 Å². The number of hydrogen-bond acceptors (Lipinski definition) is 9. The third kappa shape index (κ3) is 9.57. The summed E-state index contributed by atoms with van der Waals surface area (Å²) < 4.78 is 12.3. The van der Waals surface area contributed by atoms with Gasteiger partial charge in [-0.15, -0.1) is 0 Å². The molecule has 0 aliphatic carbocycles. The Morgan fingerprint density at radius 1 is 0.857 bits per heavy atom. The molecule has 4 aromatic carbocycles. The van der Waals surface area contributed by atoms with E-state index in [4.69, 9.17) is 9.47 Å². The predicted octanol–water partition coefficient (Wildman–Crippen LogP) is 5.56. The maximum atomic E-state index is 13.3. The van der Waals surface area contributed by atoms with Gasteiger partial charge in [0.25, 0.3) is 5.91 Å². The first kappa shape index (κ1) is 38.6. The van der Waals surface area contributed by atoms with E-state index in [0.29, 0.717) is 53.3 Å². The van der Waals surface area contributed by atoms with Crippen molar-refractivity contribution in [3.8, 4) is 11.5 Å². The quantitative estimate of drug-likeness (QED) is 0.0708. The molecule has 12 heteroatoms. The van der Waals surface area contributed by atoms with Crippen molar-refractivity contribution in [3.05, 3.63) is 141 Å². The number of H-pyrrole nitrogens is 1. The minimum absolute atomic E-state index is 0.0482. The highest BCUT2D eigenvalue weighted by Gasteiger charge is 2.37. The molecule has 3 aliphatic rings. The van der Waals surface area contributed by atoms with E-state index in [0.717, 1.165) is 62.0 Å². The van der Waals surface area contributed by atoms with Crippen LogP contribution in [0.25, 0.3) is 10.9 Å². The van der Waals surface area contributed by atoms with Crippen LogP contribution in [0.5, 0.6) is 11.5 Å². The number of pyridine rings is 1. The summed E-state index contributed by atoms with van der Waals surface area (Å²) in [5, 5.41) is 30.7. The van der Waals surface area contributed by atoms with Crippen LogP contribution in [-0.4, -0.2) is 77.5 Å². The van der Waals surface area contributed by atoms with Crippen molar-refractivity contribution < 1.29 is 29.3 Å². The van der Waals surface area contributed by atoms with Crippen molar-refractivity contribution in [1.29, 1.82) is 0 Å². The Bertz CT molecular complexity index is 2150. The number of phenolic OH excluding ortho intramolecular Hbond substituents is 1. The van der Waals surface area contributed by atoms with Crippen LogP contribution in [0.2, 0.25) is 0 Å². The molecule has 1 aromatic heterocycles. The number of amides is 2. The first-order chi connectivity index (χ1) is 27.3. The highest BCUT2D eigenvalue weighted by molar-refractivity contribution is 5.94. The number of hydrogen-bond donors (Lipinski definition) is 6.